The summed E-state index contributed by atoms with van der Waals surface area (Å²) in [5.41, 5.74) is 7.45. The van der Waals surface area contributed by atoms with Crippen LogP contribution in [0.15, 0.2) is 67.0 Å². The Balaban J connectivity index is 1.74. The van der Waals surface area contributed by atoms with E-state index in [-0.39, 0.29) is 5.91 Å². The van der Waals surface area contributed by atoms with Gasteiger partial charge in [-0.15, -0.1) is 0 Å². The maximum absolute atomic E-state index is 12.2. The molecule has 0 aliphatic heterocycles. The lowest BCUT2D eigenvalue weighted by Crippen LogP contribution is -2.13. The van der Waals surface area contributed by atoms with Crippen molar-refractivity contribution in [1.82, 2.24) is 9.78 Å². The molecular formula is C17H14N4O2. The molecule has 2 aromatic carbocycles. The van der Waals surface area contributed by atoms with Gasteiger partial charge in [0.25, 0.3) is 5.91 Å². The molecule has 0 aliphatic carbocycles. The number of aromatic nitrogens is 2. The summed E-state index contributed by atoms with van der Waals surface area (Å²) in [5.74, 6) is -0.786. The lowest BCUT2D eigenvalue weighted by molar-refractivity contribution is 0.0998. The Morgan fingerprint density at radius 1 is 0.957 bits per heavy atom. The van der Waals surface area contributed by atoms with E-state index in [9.17, 15) is 9.59 Å². The van der Waals surface area contributed by atoms with E-state index < -0.39 is 5.91 Å². The highest BCUT2D eigenvalue weighted by Gasteiger charge is 2.10. The van der Waals surface area contributed by atoms with Crippen LogP contribution in [0.1, 0.15) is 20.7 Å². The molecule has 3 aromatic rings. The van der Waals surface area contributed by atoms with Gasteiger partial charge in [-0.3, -0.25) is 9.59 Å². The SMILES string of the molecule is NC(=O)c1ccc(NC(=O)c2cnn(-c3ccccc3)c2)cc1. The molecule has 0 atom stereocenters. The fraction of sp³-hybridized carbons (Fsp3) is 0. The van der Waals surface area contributed by atoms with Crippen molar-refractivity contribution in [3.63, 3.8) is 0 Å². The molecule has 2 amide bonds. The minimum absolute atomic E-state index is 0.279. The standard InChI is InChI=1S/C17H14N4O2/c18-16(22)12-6-8-14(9-7-12)20-17(23)13-10-19-21(11-13)15-4-2-1-3-5-15/h1-11H,(H2,18,22)(H,20,23). The number of anilines is 1. The number of benzene rings is 2. The van der Waals surface area contributed by atoms with Gasteiger partial charge < -0.3 is 11.1 Å². The number of amides is 2. The summed E-state index contributed by atoms with van der Waals surface area (Å²) in [6.45, 7) is 0. The highest BCUT2D eigenvalue weighted by Crippen LogP contribution is 2.12. The first-order valence-corrected chi connectivity index (χ1v) is 6.95. The predicted octanol–water partition coefficient (Wildman–Crippen LogP) is 2.22. The Kier molecular flexibility index (Phi) is 3.88. The van der Waals surface area contributed by atoms with Crippen molar-refractivity contribution >= 4 is 17.5 Å². The molecule has 23 heavy (non-hydrogen) atoms. The topological polar surface area (TPSA) is 90.0 Å². The largest absolute Gasteiger partial charge is 0.366 e. The molecule has 1 aromatic heterocycles. The normalized spacial score (nSPS) is 10.3. The van der Waals surface area contributed by atoms with Crippen LogP contribution in [0.3, 0.4) is 0 Å². The molecule has 3 rings (SSSR count). The molecule has 6 heteroatoms. The van der Waals surface area contributed by atoms with Gasteiger partial charge in [0.2, 0.25) is 5.91 Å². The second kappa shape index (κ2) is 6.15. The van der Waals surface area contributed by atoms with Gasteiger partial charge in [0.1, 0.15) is 0 Å². The summed E-state index contributed by atoms with van der Waals surface area (Å²) in [7, 11) is 0. The molecule has 0 fully saturated rings. The van der Waals surface area contributed by atoms with Crippen molar-refractivity contribution in [2.24, 2.45) is 5.73 Å². The zero-order valence-electron chi connectivity index (χ0n) is 12.1. The van der Waals surface area contributed by atoms with Gasteiger partial charge in [-0.25, -0.2) is 4.68 Å². The average Bonchev–Trinajstić information content (AvgIpc) is 3.06. The first-order chi connectivity index (χ1) is 11.1. The number of para-hydroxylation sites is 1. The highest BCUT2D eigenvalue weighted by molar-refractivity contribution is 6.04. The Bertz CT molecular complexity index is 839. The Morgan fingerprint density at radius 2 is 1.65 bits per heavy atom. The summed E-state index contributed by atoms with van der Waals surface area (Å²) >= 11 is 0. The van der Waals surface area contributed by atoms with E-state index in [0.29, 0.717) is 16.8 Å². The molecular weight excluding hydrogens is 292 g/mol. The molecule has 0 bridgehead atoms. The third-order valence-corrected chi connectivity index (χ3v) is 3.29. The smallest absolute Gasteiger partial charge is 0.258 e. The monoisotopic (exact) mass is 306 g/mol. The fourth-order valence-electron chi connectivity index (χ4n) is 2.08. The molecule has 0 saturated carbocycles. The first-order valence-electron chi connectivity index (χ1n) is 6.95. The maximum atomic E-state index is 12.2. The van der Waals surface area contributed by atoms with Crippen LogP contribution < -0.4 is 11.1 Å². The molecule has 0 unspecified atom stereocenters. The quantitative estimate of drug-likeness (QED) is 0.774. The summed E-state index contributed by atoms with van der Waals surface area (Å²) in [5, 5.41) is 6.93. The number of nitrogens with zero attached hydrogens (tertiary/aromatic N) is 2. The zero-order chi connectivity index (χ0) is 16.2. The number of carbonyl (C=O) groups is 2. The highest BCUT2D eigenvalue weighted by atomic mass is 16.2. The van der Waals surface area contributed by atoms with E-state index in [4.69, 9.17) is 5.73 Å². The second-order valence-corrected chi connectivity index (χ2v) is 4.90. The molecule has 0 radical (unpaired) electrons. The Hall–Kier alpha value is -3.41. The number of rotatable bonds is 4. The second-order valence-electron chi connectivity index (χ2n) is 4.90. The number of hydrogen-bond acceptors (Lipinski definition) is 3. The van der Waals surface area contributed by atoms with E-state index in [0.717, 1.165) is 5.69 Å². The van der Waals surface area contributed by atoms with Gasteiger partial charge in [0.15, 0.2) is 0 Å². The van der Waals surface area contributed by atoms with Crippen LogP contribution in [-0.2, 0) is 0 Å². The summed E-state index contributed by atoms with van der Waals surface area (Å²) in [4.78, 5) is 23.2. The number of carbonyl (C=O) groups excluding carboxylic acids is 2. The predicted molar refractivity (Wildman–Crippen MR) is 86.5 cm³/mol. The van der Waals surface area contributed by atoms with Crippen LogP contribution >= 0.6 is 0 Å². The van der Waals surface area contributed by atoms with Crippen LogP contribution in [0.5, 0.6) is 0 Å². The lowest BCUT2D eigenvalue weighted by atomic mass is 10.2. The van der Waals surface area contributed by atoms with Crippen LogP contribution in [0.2, 0.25) is 0 Å². The first kappa shape index (κ1) is 14.5. The van der Waals surface area contributed by atoms with Crippen molar-refractivity contribution < 1.29 is 9.59 Å². The molecule has 114 valence electrons. The van der Waals surface area contributed by atoms with Gasteiger partial charge in [-0.1, -0.05) is 18.2 Å². The van der Waals surface area contributed by atoms with E-state index in [1.807, 2.05) is 30.3 Å². The Labute approximate surface area is 132 Å². The lowest BCUT2D eigenvalue weighted by Gasteiger charge is -2.04. The van der Waals surface area contributed by atoms with Gasteiger partial charge in [0, 0.05) is 17.4 Å². The third kappa shape index (κ3) is 3.26. The molecule has 3 N–H and O–H groups in total. The molecule has 0 spiro atoms. The van der Waals surface area contributed by atoms with Gasteiger partial charge in [0.05, 0.1) is 17.4 Å². The average molecular weight is 306 g/mol. The van der Waals surface area contributed by atoms with E-state index >= 15 is 0 Å². The molecule has 0 aliphatic rings. The molecule has 0 saturated heterocycles. The van der Waals surface area contributed by atoms with E-state index in [1.54, 1.807) is 35.1 Å². The minimum atomic E-state index is -0.507. The van der Waals surface area contributed by atoms with Gasteiger partial charge in [-0.2, -0.15) is 5.10 Å². The van der Waals surface area contributed by atoms with Crippen LogP contribution in [0, 0.1) is 0 Å². The van der Waals surface area contributed by atoms with Crippen molar-refractivity contribution in [3.8, 4) is 5.69 Å². The van der Waals surface area contributed by atoms with Crippen molar-refractivity contribution in [3.05, 3.63) is 78.1 Å². The maximum Gasteiger partial charge on any atom is 0.258 e. The van der Waals surface area contributed by atoms with Crippen molar-refractivity contribution in [2.75, 3.05) is 5.32 Å². The third-order valence-electron chi connectivity index (χ3n) is 3.29. The summed E-state index contributed by atoms with van der Waals surface area (Å²) < 4.78 is 1.63. The summed E-state index contributed by atoms with van der Waals surface area (Å²) in [6.07, 6.45) is 3.16. The minimum Gasteiger partial charge on any atom is -0.366 e. The van der Waals surface area contributed by atoms with Crippen molar-refractivity contribution in [2.45, 2.75) is 0 Å². The van der Waals surface area contributed by atoms with Crippen LogP contribution in [0.25, 0.3) is 5.69 Å². The zero-order valence-corrected chi connectivity index (χ0v) is 12.1. The van der Waals surface area contributed by atoms with Gasteiger partial charge in [-0.05, 0) is 36.4 Å². The van der Waals surface area contributed by atoms with Crippen LogP contribution in [-0.4, -0.2) is 21.6 Å². The summed E-state index contributed by atoms with van der Waals surface area (Å²) in [6, 6.07) is 15.9. The van der Waals surface area contributed by atoms with Crippen LogP contribution in [0.4, 0.5) is 5.69 Å². The van der Waals surface area contributed by atoms with Crippen molar-refractivity contribution in [1.29, 1.82) is 0 Å². The van der Waals surface area contributed by atoms with Gasteiger partial charge >= 0.3 is 0 Å². The number of primary amides is 1. The fourth-order valence-corrected chi connectivity index (χ4v) is 2.08. The van der Waals surface area contributed by atoms with E-state index in [1.165, 1.54) is 6.20 Å². The molecule has 6 nitrogen and oxygen atoms in total. The number of nitrogens with two attached hydrogens (primary N) is 1. The Morgan fingerprint density at radius 3 is 2.30 bits per heavy atom. The number of hydrogen-bond donors (Lipinski definition) is 2. The van der Waals surface area contributed by atoms with E-state index in [2.05, 4.69) is 10.4 Å². The number of nitrogens with one attached hydrogen (secondary N) is 1. The molecule has 1 heterocycles.